The summed E-state index contributed by atoms with van der Waals surface area (Å²) in [6.45, 7) is 2.72. The number of nitrogens with zero attached hydrogens (tertiary/aromatic N) is 4. The quantitative estimate of drug-likeness (QED) is 0.502. The van der Waals surface area contributed by atoms with E-state index in [0.29, 0.717) is 11.3 Å². The molecule has 2 aromatic carbocycles. The van der Waals surface area contributed by atoms with E-state index in [9.17, 15) is 14.9 Å². The first-order valence-electron chi connectivity index (χ1n) is 9.95. The Morgan fingerprint density at radius 2 is 1.93 bits per heavy atom. The van der Waals surface area contributed by atoms with E-state index < -0.39 is 4.92 Å². The fourth-order valence-electron chi connectivity index (χ4n) is 3.74. The van der Waals surface area contributed by atoms with Crippen LogP contribution in [-0.2, 0) is 6.54 Å². The van der Waals surface area contributed by atoms with Gasteiger partial charge in [-0.15, -0.1) is 0 Å². The van der Waals surface area contributed by atoms with Crippen LogP contribution in [0.3, 0.4) is 0 Å². The molecule has 2 heterocycles. The zero-order chi connectivity index (χ0) is 20.9. The maximum absolute atomic E-state index is 12.7. The van der Waals surface area contributed by atoms with Crippen LogP contribution in [0.1, 0.15) is 28.8 Å². The molecule has 1 aliphatic heterocycles. The van der Waals surface area contributed by atoms with Crippen molar-refractivity contribution in [3.63, 3.8) is 0 Å². The zero-order valence-electron chi connectivity index (χ0n) is 16.5. The van der Waals surface area contributed by atoms with Crippen LogP contribution in [0.4, 0.5) is 5.69 Å². The molecule has 1 aliphatic rings. The number of carbonyl (C=O) groups excluding carboxylic acids is 1. The van der Waals surface area contributed by atoms with Crippen molar-refractivity contribution in [3.8, 4) is 5.69 Å². The highest BCUT2D eigenvalue weighted by Gasteiger charge is 2.22. The van der Waals surface area contributed by atoms with Crippen LogP contribution >= 0.6 is 0 Å². The molecule has 8 heteroatoms. The molecule has 3 aromatic rings. The Morgan fingerprint density at radius 3 is 2.67 bits per heavy atom. The van der Waals surface area contributed by atoms with E-state index in [1.54, 1.807) is 23.0 Å². The van der Waals surface area contributed by atoms with Crippen LogP contribution in [0.15, 0.2) is 67.0 Å². The number of carbonyl (C=O) groups is 1. The van der Waals surface area contributed by atoms with Gasteiger partial charge in [-0.1, -0.05) is 30.3 Å². The normalized spacial score (nSPS) is 16.9. The fourth-order valence-corrected chi connectivity index (χ4v) is 3.74. The molecule has 1 amide bonds. The molecule has 4 rings (SSSR count). The van der Waals surface area contributed by atoms with Gasteiger partial charge in [-0.25, -0.2) is 4.68 Å². The van der Waals surface area contributed by atoms with Gasteiger partial charge in [0.2, 0.25) is 0 Å². The summed E-state index contributed by atoms with van der Waals surface area (Å²) in [5, 5.41) is 18.1. The van der Waals surface area contributed by atoms with E-state index in [4.69, 9.17) is 0 Å². The first-order valence-corrected chi connectivity index (χ1v) is 9.95. The highest BCUT2D eigenvalue weighted by Crippen LogP contribution is 2.17. The topological polar surface area (TPSA) is 93.3 Å². The minimum Gasteiger partial charge on any atom is -0.348 e. The van der Waals surface area contributed by atoms with E-state index in [1.807, 2.05) is 18.2 Å². The molecule has 0 spiro atoms. The van der Waals surface area contributed by atoms with Gasteiger partial charge in [0.05, 0.1) is 22.4 Å². The third kappa shape index (κ3) is 4.72. The number of hydrogen-bond acceptors (Lipinski definition) is 5. The molecule has 0 radical (unpaired) electrons. The van der Waals surface area contributed by atoms with Crippen molar-refractivity contribution in [1.29, 1.82) is 0 Å². The van der Waals surface area contributed by atoms with Crippen molar-refractivity contribution in [2.45, 2.75) is 25.4 Å². The van der Waals surface area contributed by atoms with E-state index in [0.717, 1.165) is 32.5 Å². The molecular formula is C22H23N5O3. The lowest BCUT2D eigenvalue weighted by molar-refractivity contribution is -0.384. The van der Waals surface area contributed by atoms with E-state index in [2.05, 4.69) is 27.4 Å². The lowest BCUT2D eigenvalue weighted by Gasteiger charge is -2.33. The monoisotopic (exact) mass is 405 g/mol. The summed E-state index contributed by atoms with van der Waals surface area (Å²) in [6.07, 6.45) is 5.15. The average Bonchev–Trinajstić information content (AvgIpc) is 3.25. The van der Waals surface area contributed by atoms with E-state index in [1.165, 1.54) is 23.9 Å². The number of piperidine rings is 1. The molecule has 1 fully saturated rings. The van der Waals surface area contributed by atoms with Gasteiger partial charge in [0.15, 0.2) is 0 Å². The minimum atomic E-state index is -0.447. The highest BCUT2D eigenvalue weighted by molar-refractivity contribution is 5.94. The van der Waals surface area contributed by atoms with Crippen molar-refractivity contribution >= 4 is 11.6 Å². The van der Waals surface area contributed by atoms with E-state index >= 15 is 0 Å². The Kier molecular flexibility index (Phi) is 5.85. The van der Waals surface area contributed by atoms with Crippen molar-refractivity contribution in [3.05, 3.63) is 88.2 Å². The number of hydrogen-bond donors (Lipinski definition) is 1. The van der Waals surface area contributed by atoms with E-state index in [-0.39, 0.29) is 17.6 Å². The summed E-state index contributed by atoms with van der Waals surface area (Å²) in [5.74, 6) is -0.158. The number of nitro benzene ring substituents is 1. The van der Waals surface area contributed by atoms with Crippen LogP contribution in [-0.4, -0.2) is 44.6 Å². The molecule has 0 saturated carbocycles. The van der Waals surface area contributed by atoms with Crippen LogP contribution < -0.4 is 5.32 Å². The van der Waals surface area contributed by atoms with Crippen LogP contribution in [0.5, 0.6) is 0 Å². The van der Waals surface area contributed by atoms with Crippen molar-refractivity contribution in [2.24, 2.45) is 0 Å². The number of non-ortho nitro benzene ring substituents is 1. The summed E-state index contributed by atoms with van der Waals surface area (Å²) >= 11 is 0. The van der Waals surface area contributed by atoms with Crippen LogP contribution in [0.25, 0.3) is 5.69 Å². The number of amides is 1. The third-order valence-corrected chi connectivity index (χ3v) is 5.26. The lowest BCUT2D eigenvalue weighted by Crippen LogP contribution is -2.47. The number of aromatic nitrogens is 2. The summed E-state index contributed by atoms with van der Waals surface area (Å²) in [4.78, 5) is 25.4. The van der Waals surface area contributed by atoms with Gasteiger partial charge in [-0.2, -0.15) is 5.10 Å². The SMILES string of the molecule is O=C(NC1CCCN(Cc2ccccc2)C1)c1cnn(-c2ccc([N+](=O)[O-])cc2)c1. The summed E-state index contributed by atoms with van der Waals surface area (Å²) < 4.78 is 1.54. The van der Waals surface area contributed by atoms with Crippen molar-refractivity contribution in [2.75, 3.05) is 13.1 Å². The molecular weight excluding hydrogens is 382 g/mol. The Hall–Kier alpha value is -3.52. The average molecular weight is 405 g/mol. The first-order chi connectivity index (χ1) is 14.6. The summed E-state index contributed by atoms with van der Waals surface area (Å²) in [6, 6.07) is 16.5. The molecule has 1 saturated heterocycles. The van der Waals surface area contributed by atoms with Gasteiger partial charge >= 0.3 is 0 Å². The van der Waals surface area contributed by atoms with Gasteiger partial charge in [0.25, 0.3) is 11.6 Å². The fraction of sp³-hybridized carbons (Fsp3) is 0.273. The first kappa shape index (κ1) is 19.8. The molecule has 154 valence electrons. The largest absolute Gasteiger partial charge is 0.348 e. The molecule has 30 heavy (non-hydrogen) atoms. The number of rotatable bonds is 6. The third-order valence-electron chi connectivity index (χ3n) is 5.26. The predicted octanol–water partition coefficient (Wildman–Crippen LogP) is 3.17. The van der Waals surface area contributed by atoms with Gasteiger partial charge in [-0.3, -0.25) is 19.8 Å². The summed E-state index contributed by atoms with van der Waals surface area (Å²) in [7, 11) is 0. The maximum Gasteiger partial charge on any atom is 0.269 e. The lowest BCUT2D eigenvalue weighted by atomic mass is 10.0. The Bertz CT molecular complexity index is 1020. The number of benzene rings is 2. The zero-order valence-corrected chi connectivity index (χ0v) is 16.5. The molecule has 0 aliphatic carbocycles. The second-order valence-corrected chi connectivity index (χ2v) is 7.48. The number of nitro groups is 1. The smallest absolute Gasteiger partial charge is 0.269 e. The Labute approximate surface area is 174 Å². The number of likely N-dealkylation sites (tertiary alicyclic amines) is 1. The van der Waals surface area contributed by atoms with Gasteiger partial charge in [-0.05, 0) is 37.1 Å². The standard InChI is InChI=1S/C22H23N5O3/c28-22(18-13-23-26(15-18)20-8-10-21(11-9-20)27(29)30)24-19-7-4-12-25(16-19)14-17-5-2-1-3-6-17/h1-3,5-6,8-11,13,15,19H,4,7,12,14,16H2,(H,24,28). The highest BCUT2D eigenvalue weighted by atomic mass is 16.6. The van der Waals surface area contributed by atoms with Crippen LogP contribution in [0, 0.1) is 10.1 Å². The second kappa shape index (κ2) is 8.87. The van der Waals surface area contributed by atoms with Gasteiger partial charge in [0, 0.05) is 37.5 Å². The molecule has 1 aromatic heterocycles. The predicted molar refractivity (Wildman–Crippen MR) is 112 cm³/mol. The Balaban J connectivity index is 1.36. The maximum atomic E-state index is 12.7. The second-order valence-electron chi connectivity index (χ2n) is 7.48. The molecule has 1 atom stereocenters. The van der Waals surface area contributed by atoms with Crippen LogP contribution in [0.2, 0.25) is 0 Å². The van der Waals surface area contributed by atoms with Gasteiger partial charge < -0.3 is 5.32 Å². The minimum absolute atomic E-state index is 0.0150. The summed E-state index contributed by atoms with van der Waals surface area (Å²) in [5.41, 5.74) is 2.41. The molecule has 8 nitrogen and oxygen atoms in total. The van der Waals surface area contributed by atoms with Gasteiger partial charge in [0.1, 0.15) is 0 Å². The molecule has 1 N–H and O–H groups in total. The molecule has 1 unspecified atom stereocenters. The van der Waals surface area contributed by atoms with Crippen molar-refractivity contribution < 1.29 is 9.72 Å². The Morgan fingerprint density at radius 1 is 1.17 bits per heavy atom. The molecule has 0 bridgehead atoms. The van der Waals surface area contributed by atoms with Crippen molar-refractivity contribution in [1.82, 2.24) is 20.0 Å². The number of nitrogens with one attached hydrogen (secondary N) is 1.